The number of hydrogen-bond donors (Lipinski definition) is 1. The molecule has 100 valence electrons. The van der Waals surface area contributed by atoms with Crippen molar-refractivity contribution in [2.24, 2.45) is 0 Å². The van der Waals surface area contributed by atoms with Crippen LogP contribution in [0.1, 0.15) is 10.4 Å². The Labute approximate surface area is 106 Å². The van der Waals surface area contributed by atoms with Gasteiger partial charge in [-0.2, -0.15) is 13.2 Å². The first-order chi connectivity index (χ1) is 8.38. The number of carbonyl (C=O) groups is 1. The number of hydrogen-bond acceptors (Lipinski definition) is 3. The molecule has 0 aliphatic carbocycles. The van der Waals surface area contributed by atoms with Gasteiger partial charge in [-0.1, -0.05) is 6.07 Å². The highest BCUT2D eigenvalue weighted by Gasteiger charge is 2.27. The predicted molar refractivity (Wildman–Crippen MR) is 61.0 cm³/mol. The number of rotatable bonds is 6. The summed E-state index contributed by atoms with van der Waals surface area (Å²) in [6, 6.07) is 6.20. The van der Waals surface area contributed by atoms with Crippen molar-refractivity contribution >= 4 is 17.7 Å². The maximum Gasteiger partial charge on any atom is 0.411 e. The molecular formula is C11H11F3O3S. The van der Waals surface area contributed by atoms with E-state index in [0.29, 0.717) is 10.6 Å². The van der Waals surface area contributed by atoms with E-state index in [1.165, 1.54) is 23.9 Å². The highest BCUT2D eigenvalue weighted by atomic mass is 32.2. The summed E-state index contributed by atoms with van der Waals surface area (Å²) in [6.45, 7) is -1.30. The molecular weight excluding hydrogens is 269 g/mol. The van der Waals surface area contributed by atoms with Crippen molar-refractivity contribution in [2.45, 2.75) is 11.1 Å². The number of carboxylic acids is 1. The molecule has 3 nitrogen and oxygen atoms in total. The van der Waals surface area contributed by atoms with Crippen molar-refractivity contribution in [1.29, 1.82) is 0 Å². The van der Waals surface area contributed by atoms with Gasteiger partial charge in [-0.3, -0.25) is 0 Å². The molecule has 0 aliphatic rings. The van der Waals surface area contributed by atoms with Crippen LogP contribution in [0.15, 0.2) is 29.2 Å². The maximum absolute atomic E-state index is 11.8. The molecule has 18 heavy (non-hydrogen) atoms. The topological polar surface area (TPSA) is 46.5 Å². The summed E-state index contributed by atoms with van der Waals surface area (Å²) in [6.07, 6.45) is -4.31. The van der Waals surface area contributed by atoms with Crippen molar-refractivity contribution in [1.82, 2.24) is 0 Å². The third-order valence-electron chi connectivity index (χ3n) is 1.84. The van der Waals surface area contributed by atoms with Gasteiger partial charge in [0, 0.05) is 10.6 Å². The highest BCUT2D eigenvalue weighted by molar-refractivity contribution is 7.99. The lowest BCUT2D eigenvalue weighted by Gasteiger charge is -2.07. The summed E-state index contributed by atoms with van der Waals surface area (Å²) in [7, 11) is 0. The van der Waals surface area contributed by atoms with E-state index in [4.69, 9.17) is 5.11 Å². The molecule has 1 aromatic carbocycles. The number of ether oxygens (including phenoxy) is 1. The zero-order valence-corrected chi connectivity index (χ0v) is 10.1. The van der Waals surface area contributed by atoms with E-state index in [-0.39, 0.29) is 12.2 Å². The average Bonchev–Trinajstić information content (AvgIpc) is 2.27. The Bertz CT molecular complexity index is 407. The normalized spacial score (nSPS) is 11.5. The lowest BCUT2D eigenvalue weighted by molar-refractivity contribution is -0.172. The molecule has 7 heteroatoms. The molecule has 0 bridgehead atoms. The van der Waals surface area contributed by atoms with E-state index in [1.807, 2.05) is 0 Å². The van der Waals surface area contributed by atoms with Crippen LogP contribution in [-0.2, 0) is 4.74 Å². The summed E-state index contributed by atoms with van der Waals surface area (Å²) < 4.78 is 39.7. The lowest BCUT2D eigenvalue weighted by atomic mass is 10.2. The van der Waals surface area contributed by atoms with Crippen molar-refractivity contribution in [3.05, 3.63) is 29.8 Å². The molecule has 0 atom stereocenters. The second kappa shape index (κ2) is 6.65. The SMILES string of the molecule is O=C(O)c1cccc(SCCOCC(F)(F)F)c1. The molecule has 0 unspecified atom stereocenters. The Hall–Kier alpha value is -1.21. The van der Waals surface area contributed by atoms with Gasteiger partial charge >= 0.3 is 12.1 Å². The van der Waals surface area contributed by atoms with E-state index in [2.05, 4.69) is 4.74 Å². The molecule has 1 N–H and O–H groups in total. The van der Waals surface area contributed by atoms with E-state index in [1.54, 1.807) is 12.1 Å². The zero-order chi connectivity index (χ0) is 13.6. The lowest BCUT2D eigenvalue weighted by Crippen LogP contribution is -2.17. The van der Waals surface area contributed by atoms with Gasteiger partial charge < -0.3 is 9.84 Å². The van der Waals surface area contributed by atoms with Gasteiger partial charge in [-0.25, -0.2) is 4.79 Å². The average molecular weight is 280 g/mol. The van der Waals surface area contributed by atoms with Crippen LogP contribution < -0.4 is 0 Å². The fraction of sp³-hybridized carbons (Fsp3) is 0.364. The third kappa shape index (κ3) is 5.92. The Kier molecular flexibility index (Phi) is 5.49. The maximum atomic E-state index is 11.8. The first-order valence-electron chi connectivity index (χ1n) is 4.99. The Morgan fingerprint density at radius 1 is 1.39 bits per heavy atom. The first kappa shape index (κ1) is 14.8. The Balaban J connectivity index is 2.31. The number of aromatic carboxylic acids is 1. The minimum Gasteiger partial charge on any atom is -0.478 e. The summed E-state index contributed by atoms with van der Waals surface area (Å²) in [4.78, 5) is 11.4. The molecule has 0 heterocycles. The molecule has 0 fully saturated rings. The van der Waals surface area contributed by atoms with Crippen molar-refractivity contribution in [3.63, 3.8) is 0 Å². The summed E-state index contributed by atoms with van der Waals surface area (Å²) in [5.74, 6) is -0.704. The van der Waals surface area contributed by atoms with Crippen LogP contribution in [0, 0.1) is 0 Å². The molecule has 0 aliphatic heterocycles. The van der Waals surface area contributed by atoms with Gasteiger partial charge in [-0.15, -0.1) is 11.8 Å². The van der Waals surface area contributed by atoms with Crippen molar-refractivity contribution in [3.8, 4) is 0 Å². The Morgan fingerprint density at radius 3 is 2.72 bits per heavy atom. The van der Waals surface area contributed by atoms with Gasteiger partial charge in [-0.05, 0) is 18.2 Å². The zero-order valence-electron chi connectivity index (χ0n) is 9.24. The van der Waals surface area contributed by atoms with Gasteiger partial charge in [0.15, 0.2) is 0 Å². The minimum atomic E-state index is -4.31. The van der Waals surface area contributed by atoms with Gasteiger partial charge in [0.1, 0.15) is 6.61 Å². The molecule has 1 aromatic rings. The van der Waals surface area contributed by atoms with Crippen LogP contribution in [0.4, 0.5) is 13.2 Å². The molecule has 0 saturated carbocycles. The van der Waals surface area contributed by atoms with Gasteiger partial charge in [0.05, 0.1) is 12.2 Å². The fourth-order valence-corrected chi connectivity index (χ4v) is 1.95. The van der Waals surface area contributed by atoms with Crippen LogP contribution in [0.5, 0.6) is 0 Å². The van der Waals surface area contributed by atoms with E-state index >= 15 is 0 Å². The number of halogens is 3. The van der Waals surface area contributed by atoms with Crippen LogP contribution in [0.25, 0.3) is 0 Å². The van der Waals surface area contributed by atoms with Crippen LogP contribution in [0.3, 0.4) is 0 Å². The fourth-order valence-electron chi connectivity index (χ4n) is 1.13. The minimum absolute atomic E-state index is 0.0402. The van der Waals surface area contributed by atoms with Crippen molar-refractivity contribution < 1.29 is 27.8 Å². The van der Waals surface area contributed by atoms with Gasteiger partial charge in [0.25, 0.3) is 0 Å². The molecule has 0 aromatic heterocycles. The second-order valence-electron chi connectivity index (χ2n) is 3.35. The monoisotopic (exact) mass is 280 g/mol. The van der Waals surface area contributed by atoms with Crippen molar-refractivity contribution in [2.75, 3.05) is 19.0 Å². The molecule has 1 rings (SSSR count). The third-order valence-corrected chi connectivity index (χ3v) is 2.80. The van der Waals surface area contributed by atoms with Crippen LogP contribution in [0.2, 0.25) is 0 Å². The van der Waals surface area contributed by atoms with Gasteiger partial charge in [0.2, 0.25) is 0 Å². The van der Waals surface area contributed by atoms with Crippen LogP contribution >= 0.6 is 11.8 Å². The Morgan fingerprint density at radius 2 is 2.11 bits per heavy atom. The van der Waals surface area contributed by atoms with Crippen LogP contribution in [-0.4, -0.2) is 36.2 Å². The largest absolute Gasteiger partial charge is 0.478 e. The highest BCUT2D eigenvalue weighted by Crippen LogP contribution is 2.20. The number of thioether (sulfide) groups is 1. The molecule has 0 saturated heterocycles. The summed E-state index contributed by atoms with van der Waals surface area (Å²) in [5.41, 5.74) is 0.149. The van der Waals surface area contributed by atoms with E-state index < -0.39 is 18.8 Å². The number of benzene rings is 1. The second-order valence-corrected chi connectivity index (χ2v) is 4.52. The molecule has 0 radical (unpaired) electrons. The first-order valence-corrected chi connectivity index (χ1v) is 5.98. The number of carboxylic acid groups (broad SMARTS) is 1. The van der Waals surface area contributed by atoms with E-state index in [0.717, 1.165) is 0 Å². The van der Waals surface area contributed by atoms with E-state index in [9.17, 15) is 18.0 Å². The molecule has 0 amide bonds. The standard InChI is InChI=1S/C11H11F3O3S/c12-11(13,14)7-17-4-5-18-9-3-1-2-8(6-9)10(15)16/h1-3,6H,4-5,7H2,(H,15,16). The predicted octanol–water partition coefficient (Wildman–Crippen LogP) is 3.06. The quantitative estimate of drug-likeness (QED) is 0.642. The summed E-state index contributed by atoms with van der Waals surface area (Å²) >= 11 is 1.25. The smallest absolute Gasteiger partial charge is 0.411 e. The number of alkyl halides is 3. The molecule has 0 spiro atoms. The summed E-state index contributed by atoms with van der Waals surface area (Å²) in [5, 5.41) is 8.75.